The fraction of sp³-hybridized carbons (Fsp3) is 0.350. The fourth-order valence-corrected chi connectivity index (χ4v) is 2.77. The van der Waals surface area contributed by atoms with Crippen molar-refractivity contribution in [1.29, 1.82) is 0 Å². The fourth-order valence-electron chi connectivity index (χ4n) is 2.41. The zero-order valence-electron chi connectivity index (χ0n) is 16.2. The minimum absolute atomic E-state index is 0. The van der Waals surface area contributed by atoms with Crippen LogP contribution >= 0.6 is 39.9 Å². The van der Waals surface area contributed by atoms with Crippen molar-refractivity contribution in [3.05, 3.63) is 58.3 Å². The lowest BCUT2D eigenvalue weighted by atomic mass is 10.2. The summed E-state index contributed by atoms with van der Waals surface area (Å²) in [5.74, 6) is 0.657. The Labute approximate surface area is 192 Å². The van der Waals surface area contributed by atoms with Crippen LogP contribution in [0.25, 0.3) is 0 Å². The highest BCUT2D eigenvalue weighted by molar-refractivity contribution is 14.0. The predicted molar refractivity (Wildman–Crippen MR) is 129 cm³/mol. The van der Waals surface area contributed by atoms with Crippen LogP contribution in [0.5, 0.6) is 0 Å². The van der Waals surface area contributed by atoms with Crippen molar-refractivity contribution in [2.75, 3.05) is 25.0 Å². The highest BCUT2D eigenvalue weighted by atomic mass is 127. The lowest BCUT2D eigenvalue weighted by Crippen LogP contribution is -2.38. The average Bonchev–Trinajstić information content (AvgIpc) is 2.65. The van der Waals surface area contributed by atoms with Gasteiger partial charge in [0.15, 0.2) is 5.96 Å². The maximum absolute atomic E-state index is 12.2. The lowest BCUT2D eigenvalue weighted by Gasteiger charge is -2.11. The van der Waals surface area contributed by atoms with Gasteiger partial charge in [0, 0.05) is 48.0 Å². The molecule has 0 saturated heterocycles. The number of aryl methyl sites for hydroxylation is 1. The maximum atomic E-state index is 12.2. The van der Waals surface area contributed by atoms with E-state index in [-0.39, 0.29) is 29.9 Å². The molecule has 0 spiro atoms. The largest absolute Gasteiger partial charge is 0.357 e. The van der Waals surface area contributed by atoms with Gasteiger partial charge in [0.1, 0.15) is 0 Å². The van der Waals surface area contributed by atoms with Gasteiger partial charge in [-0.05, 0) is 43.7 Å². The number of aromatic nitrogens is 1. The molecule has 1 amide bonds. The molecule has 0 aliphatic carbocycles. The van der Waals surface area contributed by atoms with Gasteiger partial charge in [-0.1, -0.05) is 28.1 Å². The van der Waals surface area contributed by atoms with Gasteiger partial charge in [-0.3, -0.25) is 14.8 Å². The monoisotopic (exact) mass is 559 g/mol. The molecule has 0 unspecified atom stereocenters. The minimum atomic E-state index is -0.0516. The average molecular weight is 560 g/mol. The quantitative estimate of drug-likeness (QED) is 0.260. The number of benzene rings is 1. The number of carbonyl (C=O) groups excluding carboxylic acids is 1. The van der Waals surface area contributed by atoms with Gasteiger partial charge in [-0.25, -0.2) is 0 Å². The number of amides is 1. The Balaban J connectivity index is 0.00000392. The van der Waals surface area contributed by atoms with E-state index in [1.54, 1.807) is 6.20 Å². The SMILES string of the molecule is CCNC(=NCCC(=O)Nc1cc(Br)ccc1C)NCCc1ccccn1.I. The van der Waals surface area contributed by atoms with Crippen LogP contribution in [0.1, 0.15) is 24.6 Å². The summed E-state index contributed by atoms with van der Waals surface area (Å²) < 4.78 is 0.938. The Morgan fingerprint density at radius 3 is 2.75 bits per heavy atom. The van der Waals surface area contributed by atoms with Crippen molar-refractivity contribution < 1.29 is 4.79 Å². The molecule has 0 radical (unpaired) electrons. The Hall–Kier alpha value is -1.68. The number of nitrogens with one attached hydrogen (secondary N) is 3. The molecule has 1 heterocycles. The summed E-state index contributed by atoms with van der Waals surface area (Å²) in [6.07, 6.45) is 2.93. The van der Waals surface area contributed by atoms with Crippen molar-refractivity contribution in [2.24, 2.45) is 4.99 Å². The number of aliphatic imine (C=N–C) groups is 1. The molecule has 0 atom stereocenters. The summed E-state index contributed by atoms with van der Waals surface area (Å²) in [5.41, 5.74) is 2.88. The van der Waals surface area contributed by atoms with E-state index in [4.69, 9.17) is 0 Å². The summed E-state index contributed by atoms with van der Waals surface area (Å²) in [5, 5.41) is 9.39. The van der Waals surface area contributed by atoms with Crippen molar-refractivity contribution in [1.82, 2.24) is 15.6 Å². The van der Waals surface area contributed by atoms with E-state index in [9.17, 15) is 4.79 Å². The molecule has 0 fully saturated rings. The molecule has 1 aromatic carbocycles. The summed E-state index contributed by atoms with van der Waals surface area (Å²) >= 11 is 3.42. The van der Waals surface area contributed by atoms with E-state index in [2.05, 4.69) is 41.9 Å². The second-order valence-electron chi connectivity index (χ2n) is 6.02. The van der Waals surface area contributed by atoms with Gasteiger partial charge in [0.2, 0.25) is 5.91 Å². The van der Waals surface area contributed by atoms with Gasteiger partial charge >= 0.3 is 0 Å². The van der Waals surface area contributed by atoms with E-state index >= 15 is 0 Å². The van der Waals surface area contributed by atoms with E-state index in [1.807, 2.05) is 50.2 Å². The van der Waals surface area contributed by atoms with Gasteiger partial charge in [-0.2, -0.15) is 0 Å². The molecule has 0 saturated carbocycles. The number of rotatable bonds is 8. The molecule has 152 valence electrons. The Morgan fingerprint density at radius 1 is 1.21 bits per heavy atom. The molecule has 1 aromatic heterocycles. The molecule has 0 bridgehead atoms. The molecular formula is C20H27BrIN5O. The Morgan fingerprint density at radius 2 is 2.04 bits per heavy atom. The topological polar surface area (TPSA) is 78.4 Å². The van der Waals surface area contributed by atoms with Gasteiger partial charge in [0.05, 0.1) is 6.54 Å². The second kappa shape index (κ2) is 13.5. The van der Waals surface area contributed by atoms with Crippen LogP contribution in [0.3, 0.4) is 0 Å². The lowest BCUT2D eigenvalue weighted by molar-refractivity contribution is -0.116. The first-order valence-corrected chi connectivity index (χ1v) is 9.86. The van der Waals surface area contributed by atoms with Crippen LogP contribution < -0.4 is 16.0 Å². The number of hydrogen-bond donors (Lipinski definition) is 3. The van der Waals surface area contributed by atoms with Crippen molar-refractivity contribution in [3.8, 4) is 0 Å². The van der Waals surface area contributed by atoms with Crippen LogP contribution in [-0.2, 0) is 11.2 Å². The van der Waals surface area contributed by atoms with Crippen LogP contribution in [0.2, 0.25) is 0 Å². The van der Waals surface area contributed by atoms with Gasteiger partial charge in [-0.15, -0.1) is 24.0 Å². The number of hydrogen-bond acceptors (Lipinski definition) is 3. The highest BCUT2D eigenvalue weighted by Crippen LogP contribution is 2.20. The Bertz CT molecular complexity index is 770. The first kappa shape index (κ1) is 24.4. The third-order valence-electron chi connectivity index (χ3n) is 3.83. The predicted octanol–water partition coefficient (Wildman–Crippen LogP) is 3.90. The molecule has 2 aromatic rings. The number of halogens is 2. The summed E-state index contributed by atoms with van der Waals surface area (Å²) in [6.45, 7) is 5.89. The number of nitrogens with zero attached hydrogens (tertiary/aromatic N) is 2. The van der Waals surface area contributed by atoms with Crippen LogP contribution in [0.15, 0.2) is 52.1 Å². The van der Waals surface area contributed by atoms with E-state index in [0.717, 1.165) is 40.9 Å². The van der Waals surface area contributed by atoms with E-state index in [0.29, 0.717) is 18.9 Å². The number of guanidine groups is 1. The Kier molecular flexibility index (Phi) is 11.7. The van der Waals surface area contributed by atoms with Gasteiger partial charge in [0.25, 0.3) is 0 Å². The van der Waals surface area contributed by atoms with Crippen LogP contribution in [-0.4, -0.2) is 36.5 Å². The molecule has 3 N–H and O–H groups in total. The molecule has 6 nitrogen and oxygen atoms in total. The number of carbonyl (C=O) groups is 1. The summed E-state index contributed by atoms with van der Waals surface area (Å²) in [7, 11) is 0. The molecule has 2 rings (SSSR count). The number of anilines is 1. The smallest absolute Gasteiger partial charge is 0.226 e. The first-order chi connectivity index (χ1) is 13.1. The van der Waals surface area contributed by atoms with Crippen molar-refractivity contribution in [3.63, 3.8) is 0 Å². The van der Waals surface area contributed by atoms with E-state index in [1.165, 1.54) is 0 Å². The second-order valence-corrected chi connectivity index (χ2v) is 6.93. The van der Waals surface area contributed by atoms with Crippen LogP contribution in [0, 0.1) is 6.92 Å². The zero-order valence-corrected chi connectivity index (χ0v) is 20.1. The zero-order chi connectivity index (χ0) is 19.5. The normalized spacial score (nSPS) is 10.8. The molecule has 0 aliphatic heterocycles. The molecule has 0 aliphatic rings. The molecule has 28 heavy (non-hydrogen) atoms. The van der Waals surface area contributed by atoms with Crippen LogP contribution in [0.4, 0.5) is 5.69 Å². The minimum Gasteiger partial charge on any atom is -0.357 e. The third-order valence-corrected chi connectivity index (χ3v) is 4.32. The molecule has 8 heteroatoms. The summed E-state index contributed by atoms with van der Waals surface area (Å²) in [6, 6.07) is 11.7. The van der Waals surface area contributed by atoms with Crippen molar-refractivity contribution in [2.45, 2.75) is 26.7 Å². The highest BCUT2D eigenvalue weighted by Gasteiger charge is 2.06. The molecular weight excluding hydrogens is 533 g/mol. The standard InChI is InChI=1S/C20H26BrN5O.HI/c1-3-22-20(24-12-9-17-6-4-5-11-23-17)25-13-10-19(27)26-18-14-16(21)8-7-15(18)2;/h4-8,11,14H,3,9-10,12-13H2,1-2H3,(H,26,27)(H2,22,24,25);1H. The number of pyridine rings is 1. The van der Waals surface area contributed by atoms with Crippen molar-refractivity contribution >= 4 is 57.5 Å². The summed E-state index contributed by atoms with van der Waals surface area (Å²) in [4.78, 5) is 20.9. The third kappa shape index (κ3) is 9.01. The maximum Gasteiger partial charge on any atom is 0.226 e. The van der Waals surface area contributed by atoms with E-state index < -0.39 is 0 Å². The van der Waals surface area contributed by atoms with Gasteiger partial charge < -0.3 is 16.0 Å². The first-order valence-electron chi connectivity index (χ1n) is 9.06.